The van der Waals surface area contributed by atoms with Gasteiger partial charge in [-0.3, -0.25) is 9.59 Å². The van der Waals surface area contributed by atoms with E-state index >= 15 is 0 Å². The van der Waals surface area contributed by atoms with E-state index in [0.717, 1.165) is 12.1 Å². The maximum absolute atomic E-state index is 12.9. The van der Waals surface area contributed by atoms with E-state index in [-0.39, 0.29) is 6.54 Å². The van der Waals surface area contributed by atoms with Gasteiger partial charge in [0, 0.05) is 6.54 Å². The Morgan fingerprint density at radius 3 is 2.39 bits per heavy atom. The lowest BCUT2D eigenvalue weighted by Crippen LogP contribution is -2.42. The predicted molar refractivity (Wildman–Crippen MR) is 59.6 cm³/mol. The number of aliphatic carboxylic acids is 1. The van der Waals surface area contributed by atoms with Crippen molar-refractivity contribution in [1.29, 1.82) is 0 Å². The summed E-state index contributed by atoms with van der Waals surface area (Å²) in [5, 5.41) is 11.2. The van der Waals surface area contributed by atoms with E-state index in [9.17, 15) is 18.4 Å². The normalized spacial score (nSPS) is 11.1. The highest BCUT2D eigenvalue weighted by Crippen LogP contribution is 2.15. The molecule has 1 rings (SSSR count). The highest BCUT2D eigenvalue weighted by atomic mass is 19.2. The molecule has 18 heavy (non-hydrogen) atoms. The fourth-order valence-corrected chi connectivity index (χ4v) is 1.15. The summed E-state index contributed by atoms with van der Waals surface area (Å²) in [6.45, 7) is 2.46. The van der Waals surface area contributed by atoms with Crippen molar-refractivity contribution in [2.75, 3.05) is 0 Å². The Kier molecular flexibility index (Phi) is 4.00. The SMILES string of the molecule is CC(C)(C(=O)O)C(=O)NCc1ccc(F)c(F)c1. The van der Waals surface area contributed by atoms with Crippen LogP contribution < -0.4 is 5.32 Å². The summed E-state index contributed by atoms with van der Waals surface area (Å²) in [6.07, 6.45) is 0. The molecule has 0 radical (unpaired) electrons. The summed E-state index contributed by atoms with van der Waals surface area (Å²) in [7, 11) is 0. The molecule has 98 valence electrons. The molecule has 0 atom stereocenters. The molecule has 0 fully saturated rings. The van der Waals surface area contributed by atoms with Crippen LogP contribution in [0.5, 0.6) is 0 Å². The third kappa shape index (κ3) is 3.03. The average molecular weight is 257 g/mol. The fraction of sp³-hybridized carbons (Fsp3) is 0.333. The van der Waals surface area contributed by atoms with Gasteiger partial charge >= 0.3 is 5.97 Å². The van der Waals surface area contributed by atoms with Crippen LogP contribution in [-0.4, -0.2) is 17.0 Å². The Labute approximate surface area is 103 Å². The summed E-state index contributed by atoms with van der Waals surface area (Å²) in [6, 6.07) is 3.20. The van der Waals surface area contributed by atoms with Gasteiger partial charge in [0.25, 0.3) is 0 Å². The number of nitrogens with one attached hydrogen (secondary N) is 1. The number of carboxylic acids is 1. The minimum Gasteiger partial charge on any atom is -0.480 e. The van der Waals surface area contributed by atoms with Crippen LogP contribution in [0.1, 0.15) is 19.4 Å². The smallest absolute Gasteiger partial charge is 0.318 e. The van der Waals surface area contributed by atoms with Crippen molar-refractivity contribution in [1.82, 2.24) is 5.32 Å². The van der Waals surface area contributed by atoms with Crippen LogP contribution in [0, 0.1) is 17.0 Å². The second-order valence-corrected chi connectivity index (χ2v) is 4.36. The van der Waals surface area contributed by atoms with Gasteiger partial charge in [-0.15, -0.1) is 0 Å². The van der Waals surface area contributed by atoms with Gasteiger partial charge in [-0.25, -0.2) is 8.78 Å². The van der Waals surface area contributed by atoms with E-state index in [1.54, 1.807) is 0 Å². The molecule has 0 aliphatic heterocycles. The summed E-state index contributed by atoms with van der Waals surface area (Å²) in [5.41, 5.74) is -1.22. The third-order valence-electron chi connectivity index (χ3n) is 2.54. The minimum absolute atomic E-state index is 0.0628. The number of carboxylic acid groups (broad SMARTS) is 1. The molecule has 6 heteroatoms. The molecule has 2 N–H and O–H groups in total. The minimum atomic E-state index is -1.57. The first kappa shape index (κ1) is 14.1. The summed E-state index contributed by atoms with van der Waals surface area (Å²) in [5.74, 6) is -3.94. The van der Waals surface area contributed by atoms with Gasteiger partial charge in [-0.1, -0.05) is 6.07 Å². The maximum Gasteiger partial charge on any atom is 0.318 e. The molecule has 0 aromatic heterocycles. The van der Waals surface area contributed by atoms with Gasteiger partial charge in [0.2, 0.25) is 5.91 Å². The Hall–Kier alpha value is -1.98. The molecule has 0 unspecified atom stereocenters. The standard InChI is InChI=1S/C12H13F2NO3/c1-12(2,11(17)18)10(16)15-6-7-3-4-8(13)9(14)5-7/h3-5H,6H2,1-2H3,(H,15,16)(H,17,18). The quantitative estimate of drug-likeness (QED) is 0.807. The first-order valence-corrected chi connectivity index (χ1v) is 5.20. The number of carbonyl (C=O) groups excluding carboxylic acids is 1. The van der Waals surface area contributed by atoms with E-state index in [1.165, 1.54) is 19.9 Å². The van der Waals surface area contributed by atoms with Crippen LogP contribution in [0.15, 0.2) is 18.2 Å². The number of amides is 1. The molecule has 1 aromatic rings. The van der Waals surface area contributed by atoms with Crippen LogP contribution in [0.4, 0.5) is 8.78 Å². The molecule has 4 nitrogen and oxygen atoms in total. The first-order chi connectivity index (χ1) is 8.25. The van der Waals surface area contributed by atoms with Gasteiger partial charge in [0.1, 0.15) is 5.41 Å². The Morgan fingerprint density at radius 2 is 1.89 bits per heavy atom. The number of rotatable bonds is 4. The van der Waals surface area contributed by atoms with E-state index < -0.39 is 28.9 Å². The van der Waals surface area contributed by atoms with Gasteiger partial charge in [-0.2, -0.15) is 0 Å². The molecular formula is C12H13F2NO3. The van der Waals surface area contributed by atoms with Crippen molar-refractivity contribution >= 4 is 11.9 Å². The Bertz CT molecular complexity index is 486. The van der Waals surface area contributed by atoms with Crippen molar-refractivity contribution in [2.45, 2.75) is 20.4 Å². The number of halogens is 2. The van der Waals surface area contributed by atoms with Crippen molar-refractivity contribution < 1.29 is 23.5 Å². The fourth-order valence-electron chi connectivity index (χ4n) is 1.15. The average Bonchev–Trinajstić information content (AvgIpc) is 2.30. The number of hydrogen-bond donors (Lipinski definition) is 2. The van der Waals surface area contributed by atoms with Crippen molar-refractivity contribution in [3.63, 3.8) is 0 Å². The zero-order valence-corrected chi connectivity index (χ0v) is 9.96. The molecule has 1 aromatic carbocycles. The molecule has 0 bridgehead atoms. The molecule has 1 amide bonds. The Balaban J connectivity index is 2.68. The van der Waals surface area contributed by atoms with E-state index in [4.69, 9.17) is 5.11 Å². The lowest BCUT2D eigenvalue weighted by molar-refractivity contribution is -0.153. The van der Waals surface area contributed by atoms with Crippen molar-refractivity contribution in [2.24, 2.45) is 5.41 Å². The van der Waals surface area contributed by atoms with Crippen LogP contribution in [0.25, 0.3) is 0 Å². The number of benzene rings is 1. The van der Waals surface area contributed by atoms with Gasteiger partial charge in [-0.05, 0) is 31.5 Å². The first-order valence-electron chi connectivity index (χ1n) is 5.20. The van der Waals surface area contributed by atoms with E-state index in [0.29, 0.717) is 5.56 Å². The molecule has 0 saturated carbocycles. The highest BCUT2D eigenvalue weighted by molar-refractivity contribution is 6.00. The van der Waals surface area contributed by atoms with Gasteiger partial charge < -0.3 is 10.4 Å². The molecule has 0 aliphatic rings. The topological polar surface area (TPSA) is 66.4 Å². The van der Waals surface area contributed by atoms with Crippen molar-refractivity contribution in [3.05, 3.63) is 35.4 Å². The predicted octanol–water partition coefficient (Wildman–Crippen LogP) is 1.69. The third-order valence-corrected chi connectivity index (χ3v) is 2.54. The summed E-state index contributed by atoms with van der Waals surface area (Å²) < 4.78 is 25.5. The van der Waals surface area contributed by atoms with Gasteiger partial charge in [0.05, 0.1) is 0 Å². The zero-order valence-electron chi connectivity index (χ0n) is 9.96. The number of carbonyl (C=O) groups is 2. The molecule has 0 aliphatic carbocycles. The summed E-state index contributed by atoms with van der Waals surface area (Å²) in [4.78, 5) is 22.4. The van der Waals surface area contributed by atoms with Gasteiger partial charge in [0.15, 0.2) is 11.6 Å². The largest absolute Gasteiger partial charge is 0.480 e. The zero-order chi connectivity index (χ0) is 13.9. The van der Waals surface area contributed by atoms with Crippen LogP contribution in [0.3, 0.4) is 0 Å². The van der Waals surface area contributed by atoms with Crippen LogP contribution in [-0.2, 0) is 16.1 Å². The second-order valence-electron chi connectivity index (χ2n) is 4.36. The van der Waals surface area contributed by atoms with Crippen LogP contribution >= 0.6 is 0 Å². The Morgan fingerprint density at radius 1 is 1.28 bits per heavy atom. The number of hydrogen-bond acceptors (Lipinski definition) is 2. The second kappa shape index (κ2) is 5.12. The molecular weight excluding hydrogens is 244 g/mol. The lowest BCUT2D eigenvalue weighted by Gasteiger charge is -2.18. The lowest BCUT2D eigenvalue weighted by atomic mass is 9.92. The maximum atomic E-state index is 12.9. The van der Waals surface area contributed by atoms with E-state index in [1.807, 2.05) is 0 Å². The molecule has 0 heterocycles. The monoisotopic (exact) mass is 257 g/mol. The van der Waals surface area contributed by atoms with Crippen molar-refractivity contribution in [3.8, 4) is 0 Å². The molecule has 0 spiro atoms. The van der Waals surface area contributed by atoms with Crippen LogP contribution in [0.2, 0.25) is 0 Å². The summed E-state index contributed by atoms with van der Waals surface area (Å²) >= 11 is 0. The molecule has 0 saturated heterocycles. The van der Waals surface area contributed by atoms with E-state index in [2.05, 4.69) is 5.32 Å². The highest BCUT2D eigenvalue weighted by Gasteiger charge is 2.35.